The highest BCUT2D eigenvalue weighted by Crippen LogP contribution is 2.28. The van der Waals surface area contributed by atoms with Gasteiger partial charge in [0, 0.05) is 21.3 Å². The number of hydrogen-bond donors (Lipinski definition) is 1. The third-order valence-corrected chi connectivity index (χ3v) is 7.82. The van der Waals surface area contributed by atoms with Gasteiger partial charge in [-0.15, -0.1) is 11.7 Å². The summed E-state index contributed by atoms with van der Waals surface area (Å²) < 4.78 is 15.9. The summed E-state index contributed by atoms with van der Waals surface area (Å²) in [6, 6.07) is 0. The van der Waals surface area contributed by atoms with E-state index in [1.54, 1.807) is 21.3 Å². The Morgan fingerprint density at radius 3 is 1.75 bits per heavy atom. The molecule has 3 nitrogen and oxygen atoms in total. The van der Waals surface area contributed by atoms with E-state index in [0.717, 1.165) is 6.42 Å². The minimum atomic E-state index is -2.46. The van der Waals surface area contributed by atoms with Crippen molar-refractivity contribution in [2.45, 2.75) is 18.2 Å². The van der Waals surface area contributed by atoms with Gasteiger partial charge < -0.3 is 13.3 Å². The molecule has 0 N–H and O–H groups in total. The van der Waals surface area contributed by atoms with Crippen LogP contribution in [0.15, 0.2) is 0 Å². The first kappa shape index (κ1) is 12.8. The maximum Gasteiger partial charge on any atom is 0.514 e. The van der Waals surface area contributed by atoms with Crippen LogP contribution >= 0.6 is 22.5 Å². The van der Waals surface area contributed by atoms with Crippen LogP contribution in [-0.4, -0.2) is 35.0 Å². The Labute approximate surface area is 84.3 Å². The molecular weight excluding hydrogens is 212 g/mol. The SMILES string of the molecule is CCC(SS)[Si](OC)(OC)OC. The molecule has 0 aromatic heterocycles. The standard InChI is InChI=1S/C6H16O3S2Si/c1-5-6(11-10)12(7-2,8-3)9-4/h6,10H,5H2,1-4H3. The zero-order chi connectivity index (χ0) is 9.61. The second-order valence-electron chi connectivity index (χ2n) is 2.22. The van der Waals surface area contributed by atoms with E-state index in [9.17, 15) is 0 Å². The zero-order valence-electron chi connectivity index (χ0n) is 7.86. The summed E-state index contributed by atoms with van der Waals surface area (Å²) in [4.78, 5) is 0.195. The normalized spacial score (nSPS) is 14.8. The molecule has 12 heavy (non-hydrogen) atoms. The average molecular weight is 228 g/mol. The van der Waals surface area contributed by atoms with Crippen LogP contribution < -0.4 is 0 Å². The Hall–Kier alpha value is 0.797. The highest BCUT2D eigenvalue weighted by Gasteiger charge is 2.46. The van der Waals surface area contributed by atoms with Gasteiger partial charge in [0.1, 0.15) is 0 Å². The molecular formula is C6H16O3S2Si. The van der Waals surface area contributed by atoms with Gasteiger partial charge in [-0.1, -0.05) is 17.7 Å². The van der Waals surface area contributed by atoms with Crippen molar-refractivity contribution in [3.05, 3.63) is 0 Å². The van der Waals surface area contributed by atoms with Crippen LogP contribution in [0.4, 0.5) is 0 Å². The van der Waals surface area contributed by atoms with Crippen molar-refractivity contribution in [1.29, 1.82) is 0 Å². The molecule has 0 aliphatic heterocycles. The van der Waals surface area contributed by atoms with Crippen LogP contribution in [0.5, 0.6) is 0 Å². The smallest absolute Gasteiger partial charge is 0.376 e. The molecule has 0 heterocycles. The maximum atomic E-state index is 5.30. The van der Waals surface area contributed by atoms with Crippen LogP contribution in [0, 0.1) is 0 Å². The fourth-order valence-electron chi connectivity index (χ4n) is 1.03. The van der Waals surface area contributed by atoms with E-state index in [2.05, 4.69) is 18.6 Å². The Balaban J connectivity index is 4.42. The number of rotatable bonds is 6. The van der Waals surface area contributed by atoms with Gasteiger partial charge in [-0.25, -0.2) is 0 Å². The van der Waals surface area contributed by atoms with E-state index in [1.807, 2.05) is 0 Å². The van der Waals surface area contributed by atoms with Crippen LogP contribution in [0.25, 0.3) is 0 Å². The molecule has 0 aromatic carbocycles. The largest absolute Gasteiger partial charge is 0.514 e. The van der Waals surface area contributed by atoms with E-state index >= 15 is 0 Å². The lowest BCUT2D eigenvalue weighted by molar-refractivity contribution is 0.121. The van der Waals surface area contributed by atoms with E-state index in [1.165, 1.54) is 10.8 Å². The minimum Gasteiger partial charge on any atom is -0.376 e. The quantitative estimate of drug-likeness (QED) is 0.426. The van der Waals surface area contributed by atoms with Gasteiger partial charge in [-0.2, -0.15) is 0 Å². The third kappa shape index (κ3) is 2.64. The predicted molar refractivity (Wildman–Crippen MR) is 57.4 cm³/mol. The fraction of sp³-hybridized carbons (Fsp3) is 1.00. The molecule has 1 unspecified atom stereocenters. The predicted octanol–water partition coefficient (Wildman–Crippen LogP) is 1.76. The van der Waals surface area contributed by atoms with Crippen molar-refractivity contribution < 1.29 is 13.3 Å². The van der Waals surface area contributed by atoms with Crippen LogP contribution in [-0.2, 0) is 13.3 Å². The second kappa shape index (κ2) is 6.28. The summed E-state index contributed by atoms with van der Waals surface area (Å²) in [6.07, 6.45) is 0.926. The topological polar surface area (TPSA) is 27.7 Å². The molecule has 0 aliphatic carbocycles. The summed E-state index contributed by atoms with van der Waals surface area (Å²) in [5.74, 6) is 0. The van der Waals surface area contributed by atoms with E-state index in [4.69, 9.17) is 13.3 Å². The number of thiol groups is 1. The fourth-order valence-corrected chi connectivity index (χ4v) is 5.96. The Morgan fingerprint density at radius 2 is 1.67 bits per heavy atom. The molecule has 0 amide bonds. The molecule has 0 saturated heterocycles. The number of hydrogen-bond acceptors (Lipinski definition) is 5. The first-order valence-electron chi connectivity index (χ1n) is 3.66. The van der Waals surface area contributed by atoms with Crippen molar-refractivity contribution in [2.75, 3.05) is 21.3 Å². The maximum absolute atomic E-state index is 5.30. The van der Waals surface area contributed by atoms with Gasteiger partial charge in [0.2, 0.25) is 0 Å². The molecule has 0 spiro atoms. The molecule has 0 rings (SSSR count). The summed E-state index contributed by atoms with van der Waals surface area (Å²) >= 11 is 4.16. The molecule has 0 bridgehead atoms. The Bertz CT molecular complexity index is 109. The van der Waals surface area contributed by atoms with Crippen LogP contribution in [0.2, 0.25) is 0 Å². The van der Waals surface area contributed by atoms with Crippen LogP contribution in [0.3, 0.4) is 0 Å². The van der Waals surface area contributed by atoms with Crippen molar-refractivity contribution in [1.82, 2.24) is 0 Å². The van der Waals surface area contributed by atoms with Crippen molar-refractivity contribution >= 4 is 31.3 Å². The van der Waals surface area contributed by atoms with Crippen molar-refractivity contribution in [3.8, 4) is 0 Å². The molecule has 0 aliphatic rings. The first-order chi connectivity index (χ1) is 5.70. The zero-order valence-corrected chi connectivity index (χ0v) is 10.6. The van der Waals surface area contributed by atoms with Gasteiger partial charge in [-0.05, 0) is 6.42 Å². The molecule has 74 valence electrons. The summed E-state index contributed by atoms with van der Waals surface area (Å²) in [6.45, 7) is 2.06. The molecule has 1 atom stereocenters. The third-order valence-electron chi connectivity index (χ3n) is 1.75. The molecule has 0 radical (unpaired) electrons. The van der Waals surface area contributed by atoms with Crippen LogP contribution in [0.1, 0.15) is 13.3 Å². The molecule has 0 saturated carbocycles. The van der Waals surface area contributed by atoms with E-state index < -0.39 is 8.80 Å². The lowest BCUT2D eigenvalue weighted by atomic mass is 10.6. The second-order valence-corrected chi connectivity index (χ2v) is 7.18. The van der Waals surface area contributed by atoms with Crippen molar-refractivity contribution in [3.63, 3.8) is 0 Å². The molecule has 6 heteroatoms. The highest BCUT2D eigenvalue weighted by molar-refractivity contribution is 8.69. The lowest BCUT2D eigenvalue weighted by Crippen LogP contribution is -2.52. The van der Waals surface area contributed by atoms with Gasteiger partial charge >= 0.3 is 8.80 Å². The Kier molecular flexibility index (Phi) is 6.70. The van der Waals surface area contributed by atoms with E-state index in [-0.39, 0.29) is 4.87 Å². The molecule has 0 aromatic rings. The summed E-state index contributed by atoms with van der Waals surface area (Å²) in [5, 5.41) is 0. The lowest BCUT2D eigenvalue weighted by Gasteiger charge is -2.29. The summed E-state index contributed by atoms with van der Waals surface area (Å²) in [7, 11) is 3.82. The Morgan fingerprint density at radius 1 is 1.25 bits per heavy atom. The minimum absolute atomic E-state index is 0.195. The summed E-state index contributed by atoms with van der Waals surface area (Å²) in [5.41, 5.74) is 0. The van der Waals surface area contributed by atoms with Gasteiger partial charge in [0.25, 0.3) is 0 Å². The first-order valence-corrected chi connectivity index (χ1v) is 7.39. The van der Waals surface area contributed by atoms with Crippen molar-refractivity contribution in [2.24, 2.45) is 0 Å². The van der Waals surface area contributed by atoms with Gasteiger partial charge in [0.05, 0.1) is 4.87 Å². The van der Waals surface area contributed by atoms with E-state index in [0.29, 0.717) is 0 Å². The monoisotopic (exact) mass is 228 g/mol. The van der Waals surface area contributed by atoms with Gasteiger partial charge in [0.15, 0.2) is 0 Å². The average Bonchev–Trinajstić information content (AvgIpc) is 2.14. The highest BCUT2D eigenvalue weighted by atomic mass is 33.1. The molecule has 0 fully saturated rings. The van der Waals surface area contributed by atoms with Gasteiger partial charge in [-0.3, -0.25) is 0 Å².